The van der Waals surface area contributed by atoms with Gasteiger partial charge in [-0.05, 0) is 92.9 Å². The van der Waals surface area contributed by atoms with Gasteiger partial charge in [0.2, 0.25) is 0 Å². The van der Waals surface area contributed by atoms with Gasteiger partial charge < -0.3 is 14.6 Å². The fourth-order valence-corrected chi connectivity index (χ4v) is 3.89. The van der Waals surface area contributed by atoms with Gasteiger partial charge in [-0.25, -0.2) is 9.37 Å². The number of rotatable bonds is 9. The summed E-state index contributed by atoms with van der Waals surface area (Å²) >= 11 is 0. The van der Waals surface area contributed by atoms with Crippen molar-refractivity contribution in [2.45, 2.75) is 40.3 Å². The standard InChI is InChI=1S/C27H29FN4O/c1-19-11-25(31-27(12-19)32-20(2)7-8-21(32)3)18-33-26-14-23(16-30-17-26)15-29-10-9-22-5-4-6-24(28)13-22/h4-8,11-14,16-17,29H,9-10,15,18H2,1-3H3. The normalized spacial score (nSPS) is 11.0. The predicted octanol–water partition coefficient (Wildman–Crippen LogP) is 5.24. The molecule has 0 spiro atoms. The van der Waals surface area contributed by atoms with Crippen LogP contribution in [-0.4, -0.2) is 21.1 Å². The molecule has 1 N–H and O–H groups in total. The Morgan fingerprint density at radius 3 is 2.55 bits per heavy atom. The molecule has 0 atom stereocenters. The molecule has 1 aromatic carbocycles. The van der Waals surface area contributed by atoms with Crippen LogP contribution in [0.1, 0.15) is 33.8 Å². The quantitative estimate of drug-likeness (QED) is 0.359. The number of halogens is 1. The zero-order valence-electron chi connectivity index (χ0n) is 19.3. The number of hydrogen-bond donors (Lipinski definition) is 1. The molecule has 0 saturated carbocycles. The van der Waals surface area contributed by atoms with Crippen molar-refractivity contribution in [3.8, 4) is 11.6 Å². The van der Waals surface area contributed by atoms with Crippen molar-refractivity contribution in [1.29, 1.82) is 0 Å². The molecular weight excluding hydrogens is 415 g/mol. The van der Waals surface area contributed by atoms with Crippen LogP contribution in [0.15, 0.2) is 67.0 Å². The van der Waals surface area contributed by atoms with Crippen LogP contribution >= 0.6 is 0 Å². The minimum absolute atomic E-state index is 0.199. The highest BCUT2D eigenvalue weighted by molar-refractivity contribution is 5.36. The molecule has 0 bridgehead atoms. The number of benzene rings is 1. The molecule has 0 aliphatic carbocycles. The molecule has 0 amide bonds. The lowest BCUT2D eigenvalue weighted by molar-refractivity contribution is 0.299. The van der Waals surface area contributed by atoms with Crippen LogP contribution in [0.5, 0.6) is 5.75 Å². The molecule has 0 fully saturated rings. The Hall–Kier alpha value is -3.51. The lowest BCUT2D eigenvalue weighted by Gasteiger charge is -2.13. The monoisotopic (exact) mass is 444 g/mol. The summed E-state index contributed by atoms with van der Waals surface area (Å²) in [4.78, 5) is 9.11. The summed E-state index contributed by atoms with van der Waals surface area (Å²) in [6, 6.07) is 17.0. The third-order valence-corrected chi connectivity index (χ3v) is 5.47. The van der Waals surface area contributed by atoms with E-state index in [1.807, 2.05) is 24.4 Å². The number of nitrogens with one attached hydrogen (secondary N) is 1. The lowest BCUT2D eigenvalue weighted by atomic mass is 10.1. The van der Waals surface area contributed by atoms with E-state index in [1.54, 1.807) is 18.3 Å². The first-order chi connectivity index (χ1) is 16.0. The minimum Gasteiger partial charge on any atom is -0.486 e. The van der Waals surface area contributed by atoms with E-state index in [9.17, 15) is 4.39 Å². The summed E-state index contributed by atoms with van der Waals surface area (Å²) in [5, 5.41) is 3.38. The van der Waals surface area contributed by atoms with E-state index in [-0.39, 0.29) is 5.82 Å². The van der Waals surface area contributed by atoms with E-state index in [4.69, 9.17) is 9.72 Å². The molecule has 0 aliphatic heterocycles. The second-order valence-electron chi connectivity index (χ2n) is 8.32. The van der Waals surface area contributed by atoms with Gasteiger partial charge in [0.05, 0.1) is 11.9 Å². The average molecular weight is 445 g/mol. The van der Waals surface area contributed by atoms with Gasteiger partial charge in [-0.3, -0.25) is 4.98 Å². The fourth-order valence-electron chi connectivity index (χ4n) is 3.89. The summed E-state index contributed by atoms with van der Waals surface area (Å²) in [5.74, 6) is 1.41. The highest BCUT2D eigenvalue weighted by Gasteiger charge is 2.08. The first kappa shape index (κ1) is 22.7. The van der Waals surface area contributed by atoms with Gasteiger partial charge in [-0.2, -0.15) is 0 Å². The van der Waals surface area contributed by atoms with Crippen molar-refractivity contribution in [3.05, 3.63) is 107 Å². The number of nitrogens with zero attached hydrogens (tertiary/aromatic N) is 3. The molecule has 3 heterocycles. The molecule has 0 aliphatic rings. The van der Waals surface area contributed by atoms with Crippen LogP contribution in [0, 0.1) is 26.6 Å². The predicted molar refractivity (Wildman–Crippen MR) is 128 cm³/mol. The molecule has 6 heteroatoms. The SMILES string of the molecule is Cc1cc(COc2cncc(CNCCc3cccc(F)c3)c2)nc(-n2c(C)ccc2C)c1. The average Bonchev–Trinajstić information content (AvgIpc) is 3.13. The zero-order chi connectivity index (χ0) is 23.2. The van der Waals surface area contributed by atoms with Crippen LogP contribution in [-0.2, 0) is 19.6 Å². The van der Waals surface area contributed by atoms with Gasteiger partial charge in [-0.1, -0.05) is 12.1 Å². The van der Waals surface area contributed by atoms with Crippen molar-refractivity contribution in [3.63, 3.8) is 0 Å². The highest BCUT2D eigenvalue weighted by Crippen LogP contribution is 2.18. The van der Waals surface area contributed by atoms with E-state index in [0.717, 1.165) is 52.6 Å². The smallest absolute Gasteiger partial charge is 0.138 e. The Bertz CT molecular complexity index is 1220. The number of hydrogen-bond acceptors (Lipinski definition) is 4. The van der Waals surface area contributed by atoms with Crippen LogP contribution in [0.3, 0.4) is 0 Å². The maximum Gasteiger partial charge on any atom is 0.138 e. The van der Waals surface area contributed by atoms with Crippen molar-refractivity contribution in [2.24, 2.45) is 0 Å². The molecule has 4 aromatic rings. The Labute approximate surface area is 194 Å². The van der Waals surface area contributed by atoms with Gasteiger partial charge in [0, 0.05) is 24.1 Å². The van der Waals surface area contributed by atoms with E-state index in [2.05, 4.69) is 53.8 Å². The molecule has 33 heavy (non-hydrogen) atoms. The van der Waals surface area contributed by atoms with Crippen LogP contribution in [0.25, 0.3) is 5.82 Å². The van der Waals surface area contributed by atoms with Crippen molar-refractivity contribution < 1.29 is 9.13 Å². The van der Waals surface area contributed by atoms with Gasteiger partial charge in [-0.15, -0.1) is 0 Å². The fraction of sp³-hybridized carbons (Fsp3) is 0.259. The maximum atomic E-state index is 13.3. The van der Waals surface area contributed by atoms with Crippen molar-refractivity contribution >= 4 is 0 Å². The Morgan fingerprint density at radius 2 is 1.76 bits per heavy atom. The lowest BCUT2D eigenvalue weighted by Crippen LogP contribution is -2.17. The molecule has 4 rings (SSSR count). The van der Waals surface area contributed by atoms with Gasteiger partial charge in [0.15, 0.2) is 0 Å². The van der Waals surface area contributed by atoms with Crippen LogP contribution in [0.4, 0.5) is 4.39 Å². The molecule has 3 aromatic heterocycles. The number of pyridine rings is 2. The summed E-state index contributed by atoms with van der Waals surface area (Å²) in [5.41, 5.74) is 6.33. The highest BCUT2D eigenvalue weighted by atomic mass is 19.1. The summed E-state index contributed by atoms with van der Waals surface area (Å²) in [7, 11) is 0. The third-order valence-electron chi connectivity index (χ3n) is 5.47. The zero-order valence-corrected chi connectivity index (χ0v) is 19.3. The van der Waals surface area contributed by atoms with E-state index >= 15 is 0 Å². The summed E-state index contributed by atoms with van der Waals surface area (Å²) in [6.45, 7) is 8.01. The topological polar surface area (TPSA) is 52.0 Å². The summed E-state index contributed by atoms with van der Waals surface area (Å²) < 4.78 is 21.4. The van der Waals surface area contributed by atoms with Crippen molar-refractivity contribution in [2.75, 3.05) is 6.54 Å². The van der Waals surface area contributed by atoms with Crippen molar-refractivity contribution in [1.82, 2.24) is 19.9 Å². The van der Waals surface area contributed by atoms with Gasteiger partial charge in [0.25, 0.3) is 0 Å². The molecular formula is C27H29FN4O. The molecule has 0 radical (unpaired) electrons. The second-order valence-corrected chi connectivity index (χ2v) is 8.32. The number of aromatic nitrogens is 3. The van der Waals surface area contributed by atoms with Gasteiger partial charge >= 0.3 is 0 Å². The number of ether oxygens (including phenoxy) is 1. The largest absolute Gasteiger partial charge is 0.486 e. The van der Waals surface area contributed by atoms with E-state index in [0.29, 0.717) is 18.9 Å². The van der Waals surface area contributed by atoms with E-state index < -0.39 is 0 Å². The maximum absolute atomic E-state index is 13.3. The van der Waals surface area contributed by atoms with Crippen LogP contribution in [0.2, 0.25) is 0 Å². The Balaban J connectivity index is 1.34. The molecule has 0 unspecified atom stereocenters. The molecule has 0 saturated heterocycles. The first-order valence-electron chi connectivity index (χ1n) is 11.1. The number of aryl methyl sites for hydroxylation is 3. The first-order valence-corrected chi connectivity index (χ1v) is 11.1. The molecule has 170 valence electrons. The third kappa shape index (κ3) is 6.05. The Kier molecular flexibility index (Phi) is 7.15. The minimum atomic E-state index is -0.199. The van der Waals surface area contributed by atoms with E-state index in [1.165, 1.54) is 6.07 Å². The Morgan fingerprint density at radius 1 is 0.939 bits per heavy atom. The van der Waals surface area contributed by atoms with Crippen LogP contribution < -0.4 is 10.1 Å². The van der Waals surface area contributed by atoms with Gasteiger partial charge in [0.1, 0.15) is 24.0 Å². The second kappa shape index (κ2) is 10.4. The molecule has 5 nitrogen and oxygen atoms in total. The summed E-state index contributed by atoms with van der Waals surface area (Å²) in [6.07, 6.45) is 4.30.